The first-order chi connectivity index (χ1) is 12.5. The Morgan fingerprint density at radius 3 is 2.88 bits per heavy atom. The summed E-state index contributed by atoms with van der Waals surface area (Å²) in [5.74, 6) is -1.68. The Kier molecular flexibility index (Phi) is 5.06. The molecule has 0 aliphatic carbocycles. The zero-order chi connectivity index (χ0) is 18.7. The largest absolute Gasteiger partial charge is 0.452 e. The van der Waals surface area contributed by atoms with Gasteiger partial charge in [-0.3, -0.25) is 14.4 Å². The van der Waals surface area contributed by atoms with Crippen molar-refractivity contribution in [3.63, 3.8) is 0 Å². The molecular formula is C17H20N4O5. The molecule has 0 spiro atoms. The van der Waals surface area contributed by atoms with Gasteiger partial charge >= 0.3 is 5.97 Å². The van der Waals surface area contributed by atoms with Gasteiger partial charge in [-0.15, -0.1) is 0 Å². The number of nitrogens with zero attached hydrogens (tertiary/aromatic N) is 1. The minimum atomic E-state index is -0.680. The van der Waals surface area contributed by atoms with E-state index in [2.05, 4.69) is 16.0 Å². The average molecular weight is 360 g/mol. The Morgan fingerprint density at radius 2 is 2.12 bits per heavy atom. The highest BCUT2D eigenvalue weighted by Crippen LogP contribution is 2.37. The molecule has 1 fully saturated rings. The van der Waals surface area contributed by atoms with Gasteiger partial charge in [0.2, 0.25) is 11.8 Å². The highest BCUT2D eigenvalue weighted by Gasteiger charge is 2.36. The average Bonchev–Trinajstić information content (AvgIpc) is 3.14. The number of hydrogen-bond acceptors (Lipinski definition) is 6. The zero-order valence-corrected chi connectivity index (χ0v) is 14.3. The second-order valence-corrected chi connectivity index (χ2v) is 6.10. The smallest absolute Gasteiger partial charge is 0.338 e. The molecule has 2 heterocycles. The van der Waals surface area contributed by atoms with Crippen LogP contribution in [0.2, 0.25) is 0 Å². The normalized spacial score (nSPS) is 17.7. The summed E-state index contributed by atoms with van der Waals surface area (Å²) in [5, 5.41) is 7.51. The van der Waals surface area contributed by atoms with Gasteiger partial charge in [0.1, 0.15) is 6.04 Å². The number of carbonyl (C=O) groups is 4. The summed E-state index contributed by atoms with van der Waals surface area (Å²) in [5.41, 5.74) is 1.68. The number of esters is 1. The third kappa shape index (κ3) is 3.61. The quantitative estimate of drug-likeness (QED) is 0.617. The molecule has 1 aromatic carbocycles. The van der Waals surface area contributed by atoms with Crippen LogP contribution >= 0.6 is 0 Å². The monoisotopic (exact) mass is 360 g/mol. The predicted molar refractivity (Wildman–Crippen MR) is 92.8 cm³/mol. The molecule has 0 bridgehead atoms. The molecule has 138 valence electrons. The minimum absolute atomic E-state index is 0.0749. The molecule has 0 saturated carbocycles. The molecule has 1 atom stereocenters. The first-order valence-corrected chi connectivity index (χ1v) is 8.35. The molecule has 1 saturated heterocycles. The lowest BCUT2D eigenvalue weighted by Gasteiger charge is -2.33. The molecule has 0 aromatic heterocycles. The number of anilines is 2. The van der Waals surface area contributed by atoms with Gasteiger partial charge < -0.3 is 25.6 Å². The maximum absolute atomic E-state index is 12.1. The molecule has 3 rings (SSSR count). The van der Waals surface area contributed by atoms with Crippen molar-refractivity contribution in [2.24, 2.45) is 0 Å². The summed E-state index contributed by atoms with van der Waals surface area (Å²) in [6, 6.07) is 4.78. The summed E-state index contributed by atoms with van der Waals surface area (Å²) < 4.78 is 4.95. The lowest BCUT2D eigenvalue weighted by molar-refractivity contribution is -0.127. The van der Waals surface area contributed by atoms with E-state index in [-0.39, 0.29) is 30.0 Å². The van der Waals surface area contributed by atoms with Gasteiger partial charge in [0.25, 0.3) is 5.91 Å². The van der Waals surface area contributed by atoms with Crippen LogP contribution in [0.5, 0.6) is 0 Å². The lowest BCUT2D eigenvalue weighted by Crippen LogP contribution is -2.43. The number of benzene rings is 1. The van der Waals surface area contributed by atoms with Crippen molar-refractivity contribution >= 4 is 35.1 Å². The van der Waals surface area contributed by atoms with Crippen LogP contribution in [0.3, 0.4) is 0 Å². The number of amides is 3. The summed E-state index contributed by atoms with van der Waals surface area (Å²) >= 11 is 0. The highest BCUT2D eigenvalue weighted by molar-refractivity contribution is 6.05. The number of fused-ring (bicyclic) bond motifs is 3. The number of likely N-dealkylation sites (N-methyl/N-ethyl adjacent to an activating group) is 1. The Bertz CT molecular complexity index is 764. The minimum Gasteiger partial charge on any atom is -0.452 e. The molecule has 3 N–H and O–H groups in total. The molecule has 1 aromatic rings. The summed E-state index contributed by atoms with van der Waals surface area (Å²) in [7, 11) is 1.45. The van der Waals surface area contributed by atoms with Gasteiger partial charge in [0.05, 0.1) is 23.5 Å². The van der Waals surface area contributed by atoms with E-state index < -0.39 is 18.5 Å². The van der Waals surface area contributed by atoms with E-state index in [0.29, 0.717) is 5.69 Å². The Balaban J connectivity index is 1.61. The van der Waals surface area contributed by atoms with E-state index in [1.165, 1.54) is 7.05 Å². The van der Waals surface area contributed by atoms with Gasteiger partial charge in [-0.1, -0.05) is 0 Å². The fourth-order valence-corrected chi connectivity index (χ4v) is 3.09. The number of ether oxygens (including phenoxy) is 1. The van der Waals surface area contributed by atoms with Crippen LogP contribution in [-0.4, -0.2) is 56.5 Å². The summed E-state index contributed by atoms with van der Waals surface area (Å²) in [4.78, 5) is 48.9. The third-order valence-electron chi connectivity index (χ3n) is 4.41. The highest BCUT2D eigenvalue weighted by atomic mass is 16.5. The van der Waals surface area contributed by atoms with Crippen LogP contribution in [-0.2, 0) is 19.1 Å². The van der Waals surface area contributed by atoms with Crippen LogP contribution in [0.4, 0.5) is 11.4 Å². The molecular weight excluding hydrogens is 340 g/mol. The van der Waals surface area contributed by atoms with Crippen molar-refractivity contribution in [2.75, 3.05) is 37.0 Å². The van der Waals surface area contributed by atoms with Crippen molar-refractivity contribution in [1.29, 1.82) is 0 Å². The SMILES string of the molecule is CNC(=O)CNC(=O)COC(=O)c1ccc2c(c1)NC(=O)[C@@H]1CCCN21. The maximum Gasteiger partial charge on any atom is 0.338 e. The number of nitrogens with one attached hydrogen (secondary N) is 3. The topological polar surface area (TPSA) is 117 Å². The van der Waals surface area contributed by atoms with E-state index >= 15 is 0 Å². The van der Waals surface area contributed by atoms with Crippen LogP contribution in [0.1, 0.15) is 23.2 Å². The van der Waals surface area contributed by atoms with E-state index in [4.69, 9.17) is 4.74 Å². The third-order valence-corrected chi connectivity index (χ3v) is 4.41. The molecule has 0 unspecified atom stereocenters. The van der Waals surface area contributed by atoms with E-state index in [1.807, 2.05) is 4.90 Å². The molecule has 2 aliphatic heterocycles. The number of rotatable bonds is 5. The number of carbonyl (C=O) groups excluding carboxylic acids is 4. The van der Waals surface area contributed by atoms with Crippen molar-refractivity contribution < 1.29 is 23.9 Å². The Hall–Kier alpha value is -3.10. The van der Waals surface area contributed by atoms with Crippen molar-refractivity contribution in [3.05, 3.63) is 23.8 Å². The van der Waals surface area contributed by atoms with Crippen molar-refractivity contribution in [1.82, 2.24) is 10.6 Å². The molecule has 0 radical (unpaired) electrons. The molecule has 26 heavy (non-hydrogen) atoms. The second kappa shape index (κ2) is 7.42. The van der Waals surface area contributed by atoms with E-state index in [9.17, 15) is 19.2 Å². The summed E-state index contributed by atoms with van der Waals surface area (Å²) in [6.07, 6.45) is 1.77. The van der Waals surface area contributed by atoms with Gasteiger partial charge in [-0.05, 0) is 31.0 Å². The summed E-state index contributed by atoms with van der Waals surface area (Å²) in [6.45, 7) is 0.128. The van der Waals surface area contributed by atoms with Gasteiger partial charge in [-0.25, -0.2) is 4.79 Å². The lowest BCUT2D eigenvalue weighted by atomic mass is 10.1. The first kappa shape index (κ1) is 17.7. The Morgan fingerprint density at radius 1 is 1.31 bits per heavy atom. The van der Waals surface area contributed by atoms with E-state index in [1.54, 1.807) is 18.2 Å². The van der Waals surface area contributed by atoms with Gasteiger partial charge in [-0.2, -0.15) is 0 Å². The fraction of sp³-hybridized carbons (Fsp3) is 0.412. The molecule has 3 amide bonds. The number of hydrogen-bond donors (Lipinski definition) is 3. The van der Waals surface area contributed by atoms with Crippen LogP contribution in [0, 0.1) is 0 Å². The fourth-order valence-electron chi connectivity index (χ4n) is 3.09. The van der Waals surface area contributed by atoms with Crippen molar-refractivity contribution in [2.45, 2.75) is 18.9 Å². The second-order valence-electron chi connectivity index (χ2n) is 6.10. The maximum atomic E-state index is 12.1. The molecule has 9 nitrogen and oxygen atoms in total. The van der Waals surface area contributed by atoms with Gasteiger partial charge in [0, 0.05) is 13.6 Å². The Labute approximate surface area is 150 Å². The van der Waals surface area contributed by atoms with Crippen LogP contribution < -0.4 is 20.9 Å². The van der Waals surface area contributed by atoms with Gasteiger partial charge in [0.15, 0.2) is 6.61 Å². The molecule has 9 heteroatoms. The standard InChI is InChI=1S/C17H20N4O5/c1-18-14(22)8-19-15(23)9-26-17(25)10-4-5-12-11(7-10)20-16(24)13-3-2-6-21(12)13/h4-5,7,13H,2-3,6,8-9H2,1H3,(H,18,22)(H,19,23)(H,20,24)/t13-/m0/s1. The predicted octanol–water partition coefficient (Wildman–Crippen LogP) is -0.373. The first-order valence-electron chi connectivity index (χ1n) is 8.35. The zero-order valence-electron chi connectivity index (χ0n) is 14.3. The van der Waals surface area contributed by atoms with Crippen molar-refractivity contribution in [3.8, 4) is 0 Å². The molecule has 2 aliphatic rings. The van der Waals surface area contributed by atoms with Crippen LogP contribution in [0.15, 0.2) is 18.2 Å². The van der Waals surface area contributed by atoms with Crippen LogP contribution in [0.25, 0.3) is 0 Å². The van der Waals surface area contributed by atoms with E-state index in [0.717, 1.165) is 25.1 Å².